The molecular formula is C13H21N3O4. The van der Waals surface area contributed by atoms with Crippen LogP contribution in [0, 0.1) is 17.0 Å². The first kappa shape index (κ1) is 16.3. The van der Waals surface area contributed by atoms with Gasteiger partial charge in [0.2, 0.25) is 0 Å². The Morgan fingerprint density at radius 1 is 1.35 bits per heavy atom. The number of rotatable bonds is 10. The fourth-order valence-corrected chi connectivity index (χ4v) is 1.63. The number of pyridine rings is 1. The minimum atomic E-state index is -0.427. The number of nitro groups is 1. The van der Waals surface area contributed by atoms with Gasteiger partial charge in [-0.3, -0.25) is 10.1 Å². The van der Waals surface area contributed by atoms with E-state index in [-0.39, 0.29) is 5.69 Å². The van der Waals surface area contributed by atoms with Crippen molar-refractivity contribution in [3.05, 3.63) is 27.9 Å². The molecule has 0 aliphatic rings. The number of methoxy groups -OCH3 is 1. The van der Waals surface area contributed by atoms with Crippen LogP contribution in [0.3, 0.4) is 0 Å². The van der Waals surface area contributed by atoms with E-state index in [1.165, 1.54) is 6.20 Å². The van der Waals surface area contributed by atoms with Crippen LogP contribution in [0.1, 0.15) is 18.4 Å². The van der Waals surface area contributed by atoms with Gasteiger partial charge in [-0.05, 0) is 25.8 Å². The second kappa shape index (κ2) is 9.22. The van der Waals surface area contributed by atoms with Crippen molar-refractivity contribution >= 4 is 11.5 Å². The molecule has 7 nitrogen and oxygen atoms in total. The van der Waals surface area contributed by atoms with Crippen LogP contribution in [-0.2, 0) is 9.47 Å². The molecule has 0 radical (unpaired) electrons. The fraction of sp³-hybridized carbons (Fsp3) is 0.615. The van der Waals surface area contributed by atoms with Crippen molar-refractivity contribution in [1.29, 1.82) is 0 Å². The van der Waals surface area contributed by atoms with Gasteiger partial charge >= 0.3 is 0 Å². The highest BCUT2D eigenvalue weighted by molar-refractivity contribution is 5.46. The lowest BCUT2D eigenvalue weighted by molar-refractivity contribution is -0.385. The van der Waals surface area contributed by atoms with Gasteiger partial charge in [0.1, 0.15) is 12.0 Å². The molecule has 20 heavy (non-hydrogen) atoms. The van der Waals surface area contributed by atoms with Crippen molar-refractivity contribution in [2.45, 2.75) is 19.8 Å². The zero-order valence-electron chi connectivity index (χ0n) is 11.9. The number of unbranched alkanes of at least 4 members (excludes halogenated alkanes) is 1. The summed E-state index contributed by atoms with van der Waals surface area (Å²) in [6.45, 7) is 4.40. The Bertz CT molecular complexity index is 426. The zero-order chi connectivity index (χ0) is 14.8. The zero-order valence-corrected chi connectivity index (χ0v) is 11.9. The van der Waals surface area contributed by atoms with E-state index in [0.29, 0.717) is 31.2 Å². The molecule has 0 aliphatic heterocycles. The first-order valence-corrected chi connectivity index (χ1v) is 6.56. The average molecular weight is 283 g/mol. The van der Waals surface area contributed by atoms with Crippen LogP contribution in [0.15, 0.2) is 12.3 Å². The molecule has 0 fully saturated rings. The van der Waals surface area contributed by atoms with E-state index in [1.807, 2.05) is 0 Å². The molecule has 0 unspecified atom stereocenters. The summed E-state index contributed by atoms with van der Waals surface area (Å²) in [7, 11) is 1.65. The van der Waals surface area contributed by atoms with Crippen LogP contribution in [0.4, 0.5) is 11.5 Å². The molecule has 0 atom stereocenters. The Labute approximate surface area is 118 Å². The monoisotopic (exact) mass is 283 g/mol. The van der Waals surface area contributed by atoms with Gasteiger partial charge in [0.05, 0.1) is 18.1 Å². The first-order valence-electron chi connectivity index (χ1n) is 6.56. The normalized spacial score (nSPS) is 10.5. The van der Waals surface area contributed by atoms with E-state index in [2.05, 4.69) is 10.3 Å². The van der Waals surface area contributed by atoms with Gasteiger partial charge in [-0.15, -0.1) is 0 Å². The molecule has 1 rings (SSSR count). The third-order valence-corrected chi connectivity index (χ3v) is 2.73. The molecule has 0 aliphatic carbocycles. The summed E-state index contributed by atoms with van der Waals surface area (Å²) in [5, 5.41) is 13.8. The second-order valence-corrected chi connectivity index (χ2v) is 4.35. The number of nitrogens with one attached hydrogen (secondary N) is 1. The van der Waals surface area contributed by atoms with Crippen LogP contribution < -0.4 is 5.32 Å². The van der Waals surface area contributed by atoms with Crippen molar-refractivity contribution < 1.29 is 14.4 Å². The van der Waals surface area contributed by atoms with E-state index in [9.17, 15) is 10.1 Å². The Morgan fingerprint density at radius 2 is 2.15 bits per heavy atom. The van der Waals surface area contributed by atoms with Crippen LogP contribution in [-0.4, -0.2) is 43.4 Å². The van der Waals surface area contributed by atoms with Gasteiger partial charge in [0.15, 0.2) is 0 Å². The molecule has 0 amide bonds. The minimum Gasteiger partial charge on any atom is -0.382 e. The maximum Gasteiger partial charge on any atom is 0.290 e. The van der Waals surface area contributed by atoms with Gasteiger partial charge < -0.3 is 14.8 Å². The van der Waals surface area contributed by atoms with Crippen molar-refractivity contribution in [2.75, 3.05) is 38.8 Å². The predicted molar refractivity (Wildman–Crippen MR) is 76.0 cm³/mol. The molecule has 0 aromatic carbocycles. The number of hydrogen-bond donors (Lipinski definition) is 1. The number of hydrogen-bond acceptors (Lipinski definition) is 6. The van der Waals surface area contributed by atoms with E-state index >= 15 is 0 Å². The van der Waals surface area contributed by atoms with E-state index < -0.39 is 4.92 Å². The van der Waals surface area contributed by atoms with E-state index in [4.69, 9.17) is 9.47 Å². The van der Waals surface area contributed by atoms with Crippen molar-refractivity contribution in [3.63, 3.8) is 0 Å². The van der Waals surface area contributed by atoms with Crippen LogP contribution in [0.5, 0.6) is 0 Å². The van der Waals surface area contributed by atoms with Gasteiger partial charge in [-0.25, -0.2) is 4.98 Å². The number of ether oxygens (including phenoxy) is 2. The SMILES string of the molecule is COCCOCCCCNc1cc(C)c([N+](=O)[O-])cn1. The van der Waals surface area contributed by atoms with Gasteiger partial charge in [0, 0.05) is 25.8 Å². The number of aryl methyl sites for hydroxylation is 1. The van der Waals surface area contributed by atoms with Crippen LogP contribution in [0.2, 0.25) is 0 Å². The maximum atomic E-state index is 10.7. The third-order valence-electron chi connectivity index (χ3n) is 2.73. The Hall–Kier alpha value is -1.73. The van der Waals surface area contributed by atoms with Crippen molar-refractivity contribution in [1.82, 2.24) is 4.98 Å². The summed E-state index contributed by atoms with van der Waals surface area (Å²) >= 11 is 0. The number of nitrogens with zero attached hydrogens (tertiary/aromatic N) is 2. The summed E-state index contributed by atoms with van der Waals surface area (Å²) in [4.78, 5) is 14.3. The van der Waals surface area contributed by atoms with Crippen LogP contribution >= 0.6 is 0 Å². The topological polar surface area (TPSA) is 86.5 Å². The summed E-state index contributed by atoms with van der Waals surface area (Å²) in [5.41, 5.74) is 0.650. The van der Waals surface area contributed by atoms with E-state index in [1.54, 1.807) is 20.1 Å². The highest BCUT2D eigenvalue weighted by Gasteiger charge is 2.10. The first-order chi connectivity index (χ1) is 9.65. The molecule has 0 saturated carbocycles. The molecule has 112 valence electrons. The summed E-state index contributed by atoms with van der Waals surface area (Å²) in [6, 6.07) is 1.69. The molecule has 0 bridgehead atoms. The lowest BCUT2D eigenvalue weighted by Gasteiger charge is -2.07. The summed E-state index contributed by atoms with van der Waals surface area (Å²) in [5.74, 6) is 0.661. The highest BCUT2D eigenvalue weighted by Crippen LogP contribution is 2.18. The largest absolute Gasteiger partial charge is 0.382 e. The Kier molecular flexibility index (Phi) is 7.52. The lowest BCUT2D eigenvalue weighted by atomic mass is 10.2. The van der Waals surface area contributed by atoms with E-state index in [0.717, 1.165) is 19.4 Å². The molecule has 7 heteroatoms. The molecule has 1 aromatic heterocycles. The van der Waals surface area contributed by atoms with Crippen molar-refractivity contribution in [3.8, 4) is 0 Å². The van der Waals surface area contributed by atoms with Gasteiger partial charge in [-0.1, -0.05) is 0 Å². The smallest absolute Gasteiger partial charge is 0.290 e. The van der Waals surface area contributed by atoms with Crippen LogP contribution in [0.25, 0.3) is 0 Å². The van der Waals surface area contributed by atoms with Gasteiger partial charge in [0.25, 0.3) is 5.69 Å². The standard InChI is InChI=1S/C13H21N3O4/c1-11-9-13(15-10-12(11)16(17)18)14-5-3-4-6-20-8-7-19-2/h9-10H,3-8H2,1-2H3,(H,14,15). The molecule has 1 N–H and O–H groups in total. The third kappa shape index (κ3) is 5.94. The minimum absolute atomic E-state index is 0.0436. The molecule has 1 aromatic rings. The average Bonchev–Trinajstić information content (AvgIpc) is 2.41. The van der Waals surface area contributed by atoms with Gasteiger partial charge in [-0.2, -0.15) is 0 Å². The quantitative estimate of drug-likeness (QED) is 0.402. The fourth-order valence-electron chi connectivity index (χ4n) is 1.63. The van der Waals surface area contributed by atoms with Crippen molar-refractivity contribution in [2.24, 2.45) is 0 Å². The second-order valence-electron chi connectivity index (χ2n) is 4.35. The molecule has 0 saturated heterocycles. The highest BCUT2D eigenvalue weighted by atomic mass is 16.6. The Balaban J connectivity index is 2.19. The molecule has 0 spiro atoms. The lowest BCUT2D eigenvalue weighted by Crippen LogP contribution is -2.07. The molecule has 1 heterocycles. The summed E-state index contributed by atoms with van der Waals surface area (Å²) < 4.78 is 10.2. The Morgan fingerprint density at radius 3 is 2.80 bits per heavy atom. The summed E-state index contributed by atoms with van der Waals surface area (Å²) in [6.07, 6.45) is 3.18. The number of anilines is 1. The number of aromatic nitrogens is 1. The maximum absolute atomic E-state index is 10.7. The predicted octanol–water partition coefficient (Wildman–Crippen LogP) is 2.15. The molecular weight excluding hydrogens is 262 g/mol.